The summed E-state index contributed by atoms with van der Waals surface area (Å²) in [7, 11) is 0. The van der Waals surface area contributed by atoms with Gasteiger partial charge in [0.15, 0.2) is 0 Å². The standard InChI is InChI=1S/C4H3BrN2.BrH/c5-4-1-2-6-3-7-4;/h1-3H;1H. The van der Waals surface area contributed by atoms with Crippen LogP contribution in [0.25, 0.3) is 0 Å². The third-order valence-electron chi connectivity index (χ3n) is 0.546. The van der Waals surface area contributed by atoms with Crippen molar-refractivity contribution in [2.24, 2.45) is 0 Å². The van der Waals surface area contributed by atoms with Crippen molar-refractivity contribution < 1.29 is 0 Å². The van der Waals surface area contributed by atoms with Gasteiger partial charge in [-0.3, -0.25) is 0 Å². The zero-order chi connectivity index (χ0) is 5.11. The van der Waals surface area contributed by atoms with Crippen molar-refractivity contribution in [1.82, 2.24) is 9.97 Å². The molecule has 0 radical (unpaired) electrons. The lowest BCUT2D eigenvalue weighted by Gasteiger charge is -1.79. The maximum absolute atomic E-state index is 3.78. The summed E-state index contributed by atoms with van der Waals surface area (Å²) in [6, 6.07) is 1.78. The van der Waals surface area contributed by atoms with Crippen LogP contribution in [0.5, 0.6) is 0 Å². The predicted molar refractivity (Wildman–Crippen MR) is 40.1 cm³/mol. The van der Waals surface area contributed by atoms with Gasteiger partial charge >= 0.3 is 0 Å². The molecule has 8 heavy (non-hydrogen) atoms. The van der Waals surface area contributed by atoms with E-state index < -0.39 is 0 Å². The van der Waals surface area contributed by atoms with E-state index in [2.05, 4.69) is 25.9 Å². The van der Waals surface area contributed by atoms with Gasteiger partial charge in [0.05, 0.1) is 0 Å². The lowest BCUT2D eigenvalue weighted by molar-refractivity contribution is 1.14. The van der Waals surface area contributed by atoms with Gasteiger partial charge in [-0.15, -0.1) is 17.0 Å². The molecule has 0 aliphatic rings. The Bertz CT molecular complexity index is 142. The van der Waals surface area contributed by atoms with Gasteiger partial charge in [-0.1, -0.05) is 0 Å². The van der Waals surface area contributed by atoms with Gasteiger partial charge < -0.3 is 0 Å². The van der Waals surface area contributed by atoms with Crippen LogP contribution in [0.4, 0.5) is 0 Å². The minimum atomic E-state index is 0. The minimum absolute atomic E-state index is 0. The van der Waals surface area contributed by atoms with Crippen LogP contribution in [-0.4, -0.2) is 9.97 Å². The van der Waals surface area contributed by atoms with Crippen LogP contribution in [0.2, 0.25) is 0 Å². The highest BCUT2D eigenvalue weighted by atomic mass is 79.9. The van der Waals surface area contributed by atoms with Gasteiger partial charge in [0.1, 0.15) is 10.9 Å². The molecule has 2 nitrogen and oxygen atoms in total. The largest absolute Gasteiger partial charge is 0.245 e. The molecule has 44 valence electrons. The van der Waals surface area contributed by atoms with Gasteiger partial charge in [0, 0.05) is 6.20 Å². The van der Waals surface area contributed by atoms with Crippen molar-refractivity contribution in [3.05, 3.63) is 23.2 Å². The molecule has 0 saturated heterocycles. The van der Waals surface area contributed by atoms with Crippen LogP contribution in [-0.2, 0) is 0 Å². The highest BCUT2D eigenvalue weighted by Gasteiger charge is 1.76. The first-order valence-corrected chi connectivity index (χ1v) is 2.60. The fraction of sp³-hybridized carbons (Fsp3) is 0. The molecular formula is C4H4Br2N2. The van der Waals surface area contributed by atoms with E-state index in [-0.39, 0.29) is 17.0 Å². The fourth-order valence-corrected chi connectivity index (χ4v) is 0.484. The maximum atomic E-state index is 3.78. The highest BCUT2D eigenvalue weighted by molar-refractivity contribution is 9.10. The second-order valence-electron chi connectivity index (χ2n) is 1.03. The third kappa shape index (κ3) is 2.37. The highest BCUT2D eigenvalue weighted by Crippen LogP contribution is 1.98. The Morgan fingerprint density at radius 2 is 2.25 bits per heavy atom. The molecule has 0 aromatic carbocycles. The number of hydrogen-bond acceptors (Lipinski definition) is 2. The molecule has 0 atom stereocenters. The van der Waals surface area contributed by atoms with E-state index in [1.807, 2.05) is 0 Å². The van der Waals surface area contributed by atoms with Crippen LogP contribution in [0.15, 0.2) is 23.2 Å². The second-order valence-corrected chi connectivity index (χ2v) is 1.84. The molecule has 0 unspecified atom stereocenters. The fourth-order valence-electron chi connectivity index (χ4n) is 0.275. The molecular weight excluding hydrogens is 236 g/mol. The first-order chi connectivity index (χ1) is 3.39. The average molecular weight is 240 g/mol. The van der Waals surface area contributed by atoms with E-state index in [1.165, 1.54) is 6.33 Å². The van der Waals surface area contributed by atoms with E-state index in [1.54, 1.807) is 12.3 Å². The van der Waals surface area contributed by atoms with Crippen molar-refractivity contribution >= 4 is 32.9 Å². The van der Waals surface area contributed by atoms with Crippen molar-refractivity contribution in [2.45, 2.75) is 0 Å². The summed E-state index contributed by atoms with van der Waals surface area (Å²) in [5.74, 6) is 0. The molecule has 1 aromatic heterocycles. The van der Waals surface area contributed by atoms with E-state index in [9.17, 15) is 0 Å². The molecule has 0 aliphatic heterocycles. The van der Waals surface area contributed by atoms with E-state index in [4.69, 9.17) is 0 Å². The maximum Gasteiger partial charge on any atom is 0.116 e. The van der Waals surface area contributed by atoms with Gasteiger partial charge in [-0.2, -0.15) is 0 Å². The normalized spacial score (nSPS) is 7.62. The number of halogens is 2. The van der Waals surface area contributed by atoms with Crippen LogP contribution in [0, 0.1) is 0 Å². The van der Waals surface area contributed by atoms with Gasteiger partial charge in [-0.05, 0) is 22.0 Å². The lowest BCUT2D eigenvalue weighted by atomic mass is 10.7. The first-order valence-electron chi connectivity index (χ1n) is 1.81. The predicted octanol–water partition coefficient (Wildman–Crippen LogP) is 1.82. The zero-order valence-electron chi connectivity index (χ0n) is 3.91. The Morgan fingerprint density at radius 1 is 1.50 bits per heavy atom. The molecule has 0 saturated carbocycles. The topological polar surface area (TPSA) is 25.8 Å². The summed E-state index contributed by atoms with van der Waals surface area (Å²) in [6.07, 6.45) is 3.17. The Hall–Kier alpha value is 0.0400. The zero-order valence-corrected chi connectivity index (χ0v) is 7.21. The monoisotopic (exact) mass is 238 g/mol. The number of hydrogen-bond donors (Lipinski definition) is 0. The van der Waals surface area contributed by atoms with Crippen molar-refractivity contribution in [3.63, 3.8) is 0 Å². The molecule has 4 heteroatoms. The summed E-state index contributed by atoms with van der Waals surface area (Å²) in [5.41, 5.74) is 0. The molecule has 0 fully saturated rings. The Labute approximate surface area is 66.3 Å². The molecule has 0 amide bonds. The summed E-state index contributed by atoms with van der Waals surface area (Å²) < 4.78 is 0.822. The van der Waals surface area contributed by atoms with Crippen LogP contribution >= 0.6 is 32.9 Å². The van der Waals surface area contributed by atoms with Crippen LogP contribution in [0.1, 0.15) is 0 Å². The number of aromatic nitrogens is 2. The Morgan fingerprint density at radius 3 is 2.50 bits per heavy atom. The quantitative estimate of drug-likeness (QED) is 0.646. The second kappa shape index (κ2) is 3.97. The van der Waals surface area contributed by atoms with Gasteiger partial charge in [-0.25, -0.2) is 9.97 Å². The first kappa shape index (κ1) is 8.04. The van der Waals surface area contributed by atoms with E-state index in [0.29, 0.717) is 0 Å². The van der Waals surface area contributed by atoms with E-state index in [0.717, 1.165) is 4.60 Å². The molecule has 0 bridgehead atoms. The Balaban J connectivity index is 0.000000490. The summed E-state index contributed by atoms with van der Waals surface area (Å²) in [4.78, 5) is 7.49. The summed E-state index contributed by atoms with van der Waals surface area (Å²) in [6.45, 7) is 0. The Kier molecular flexibility index (Phi) is 3.99. The number of rotatable bonds is 0. The van der Waals surface area contributed by atoms with Crippen LogP contribution in [0.3, 0.4) is 0 Å². The van der Waals surface area contributed by atoms with Gasteiger partial charge in [0.2, 0.25) is 0 Å². The van der Waals surface area contributed by atoms with E-state index >= 15 is 0 Å². The lowest BCUT2D eigenvalue weighted by Crippen LogP contribution is -1.72. The molecule has 1 aromatic rings. The smallest absolute Gasteiger partial charge is 0.116 e. The van der Waals surface area contributed by atoms with Crippen molar-refractivity contribution in [1.29, 1.82) is 0 Å². The third-order valence-corrected chi connectivity index (χ3v) is 1.01. The summed E-state index contributed by atoms with van der Waals surface area (Å²) >= 11 is 3.16. The van der Waals surface area contributed by atoms with Crippen molar-refractivity contribution in [2.75, 3.05) is 0 Å². The van der Waals surface area contributed by atoms with Gasteiger partial charge in [0.25, 0.3) is 0 Å². The average Bonchev–Trinajstić information content (AvgIpc) is 1.69. The SMILES string of the molecule is Br.Brc1ccncn1. The van der Waals surface area contributed by atoms with Crippen molar-refractivity contribution in [3.8, 4) is 0 Å². The molecule has 0 N–H and O–H groups in total. The number of nitrogens with zero attached hydrogens (tertiary/aromatic N) is 2. The van der Waals surface area contributed by atoms with Crippen LogP contribution < -0.4 is 0 Å². The minimum Gasteiger partial charge on any atom is -0.245 e. The molecule has 0 spiro atoms. The molecule has 1 rings (SSSR count). The molecule has 0 aliphatic carbocycles. The summed E-state index contributed by atoms with van der Waals surface area (Å²) in [5, 5.41) is 0. The molecule has 1 heterocycles.